The van der Waals surface area contributed by atoms with Crippen LogP contribution in [0.4, 0.5) is 80.3 Å². The van der Waals surface area contributed by atoms with Crippen molar-refractivity contribution in [1.29, 1.82) is 0 Å². The number of benzene rings is 2. The fourth-order valence-corrected chi connectivity index (χ4v) is 3.51. The Bertz CT molecular complexity index is 1400. The first-order valence-electron chi connectivity index (χ1n) is 11.3. The monoisotopic (exact) mass is 688 g/mol. The second kappa shape index (κ2) is 11.5. The predicted molar refractivity (Wildman–Crippen MR) is 116 cm³/mol. The minimum atomic E-state index is -8.69. The smallest absolute Gasteiger partial charge is 0.410 e. The van der Waals surface area contributed by atoms with Crippen LogP contribution >= 0.6 is 0 Å². The zero-order valence-corrected chi connectivity index (χ0v) is 21.1. The molecule has 2 aromatic rings. The van der Waals surface area contributed by atoms with Gasteiger partial charge in [0.15, 0.2) is 0 Å². The van der Waals surface area contributed by atoms with E-state index >= 15 is 0 Å². The predicted octanol–water partition coefficient (Wildman–Crippen LogP) is 8.76. The lowest BCUT2D eigenvalue weighted by Crippen LogP contribution is -2.74. The van der Waals surface area contributed by atoms with E-state index in [1.165, 1.54) is 0 Å². The number of hydrogen-bond donors (Lipinski definition) is 1. The molecule has 0 aliphatic carbocycles. The molecule has 0 saturated heterocycles. The highest BCUT2D eigenvalue weighted by molar-refractivity contribution is 6.12. The first kappa shape index (κ1) is 37.3. The number of nitrogens with zero attached hydrogens (tertiary/aromatic N) is 2. The van der Waals surface area contributed by atoms with E-state index in [1.807, 2.05) is 0 Å². The van der Waals surface area contributed by atoms with Crippen LogP contribution in [0.2, 0.25) is 0 Å². The van der Waals surface area contributed by atoms with Crippen LogP contribution in [-0.2, 0) is 6.42 Å². The molecule has 0 atom stereocenters. The van der Waals surface area contributed by atoms with Gasteiger partial charge in [-0.2, -0.15) is 74.6 Å². The molecule has 0 bridgehead atoms. The molecule has 2 rings (SSSR count). The van der Waals surface area contributed by atoms with E-state index in [0.29, 0.717) is 0 Å². The number of alkyl halides is 17. The Morgan fingerprint density at radius 3 is 1.31 bits per heavy atom. The molecule has 2 aromatic carbocycles. The molecule has 0 saturated carbocycles. The molecule has 0 aliphatic heterocycles. The van der Waals surface area contributed by atoms with Crippen LogP contribution in [0, 0.1) is 10.1 Å². The van der Waals surface area contributed by atoms with Gasteiger partial charge in [0.1, 0.15) is 5.71 Å². The van der Waals surface area contributed by atoms with Gasteiger partial charge < -0.3 is 5.21 Å². The van der Waals surface area contributed by atoms with Crippen molar-refractivity contribution in [3.05, 3.63) is 75.3 Å². The zero-order valence-electron chi connectivity index (χ0n) is 21.1. The summed E-state index contributed by atoms with van der Waals surface area (Å²) in [7, 11) is 0. The summed E-state index contributed by atoms with van der Waals surface area (Å²) < 4.78 is 228. The molecule has 0 heterocycles. The van der Waals surface area contributed by atoms with Crippen LogP contribution in [0.5, 0.6) is 0 Å². The second-order valence-electron chi connectivity index (χ2n) is 9.10. The standard InChI is InChI=1S/C23H13F17N2O3/c24-16(25,10-9-11-1-3-12(4-2-11)15(41-43)13-5-7-14(8-6-13)42(44)45)17(26,27)18(28,29)19(30,31)20(32,33)21(34,35)22(36,37)23(38,39)40/h1-8,43H,9-10H2/b41-15+. The van der Waals surface area contributed by atoms with E-state index in [4.69, 9.17) is 0 Å². The van der Waals surface area contributed by atoms with Crippen molar-refractivity contribution in [3.63, 3.8) is 0 Å². The van der Waals surface area contributed by atoms with E-state index in [9.17, 15) is 90.0 Å². The zero-order chi connectivity index (χ0) is 35.2. The molecular formula is C23H13F17N2O3. The number of non-ortho nitro benzene ring substituents is 1. The highest BCUT2D eigenvalue weighted by Gasteiger charge is 2.95. The Morgan fingerprint density at radius 1 is 0.600 bits per heavy atom. The molecule has 252 valence electrons. The number of oxime groups is 1. The number of nitro benzene ring substituents is 1. The van der Waals surface area contributed by atoms with Crippen molar-refractivity contribution in [1.82, 2.24) is 0 Å². The quantitative estimate of drug-likeness (QED) is 0.0797. The van der Waals surface area contributed by atoms with Crippen LogP contribution in [0.15, 0.2) is 53.7 Å². The molecule has 0 spiro atoms. The summed E-state index contributed by atoms with van der Waals surface area (Å²) in [5.41, 5.74) is -1.27. The number of halogens is 17. The van der Waals surface area contributed by atoms with Crippen molar-refractivity contribution < 1.29 is 84.8 Å². The van der Waals surface area contributed by atoms with Crippen molar-refractivity contribution >= 4 is 11.4 Å². The summed E-state index contributed by atoms with van der Waals surface area (Å²) in [6.45, 7) is 0. The molecule has 0 amide bonds. The van der Waals surface area contributed by atoms with Crippen LogP contribution in [0.25, 0.3) is 0 Å². The maximum atomic E-state index is 14.2. The maximum absolute atomic E-state index is 14.2. The van der Waals surface area contributed by atoms with Gasteiger partial charge in [-0.05, 0) is 24.1 Å². The third-order valence-electron chi connectivity index (χ3n) is 6.19. The second-order valence-corrected chi connectivity index (χ2v) is 9.10. The third-order valence-corrected chi connectivity index (χ3v) is 6.19. The van der Waals surface area contributed by atoms with Gasteiger partial charge >= 0.3 is 47.6 Å². The largest absolute Gasteiger partial charge is 0.460 e. The van der Waals surface area contributed by atoms with Gasteiger partial charge in [0.25, 0.3) is 5.69 Å². The lowest BCUT2D eigenvalue weighted by atomic mass is 9.87. The molecule has 0 aromatic heterocycles. The van der Waals surface area contributed by atoms with Gasteiger partial charge in [-0.1, -0.05) is 29.4 Å². The third kappa shape index (κ3) is 5.93. The maximum Gasteiger partial charge on any atom is 0.460 e. The Balaban J connectivity index is 2.35. The summed E-state index contributed by atoms with van der Waals surface area (Å²) in [5.74, 6) is -56.7. The highest BCUT2D eigenvalue weighted by atomic mass is 19.4. The molecule has 1 N–H and O–H groups in total. The lowest BCUT2D eigenvalue weighted by molar-refractivity contribution is -0.461. The molecule has 5 nitrogen and oxygen atoms in total. The average Bonchev–Trinajstić information content (AvgIpc) is 2.92. The van der Waals surface area contributed by atoms with E-state index in [2.05, 4.69) is 5.16 Å². The molecule has 0 aliphatic rings. The SMILES string of the molecule is O=[N+]([O-])c1ccc(/C(=N/O)c2ccc(CCC(F)(F)C(F)(F)C(F)(F)C(F)(F)C(F)(F)C(F)(F)C(F)(F)C(F)(F)F)cc2)cc1. The molecule has 0 radical (unpaired) electrons. The summed E-state index contributed by atoms with van der Waals surface area (Å²) in [6.07, 6.45) is -11.9. The van der Waals surface area contributed by atoms with Gasteiger partial charge in [0.2, 0.25) is 0 Å². The normalized spacial score (nSPS) is 14.9. The fourth-order valence-electron chi connectivity index (χ4n) is 3.51. The summed E-state index contributed by atoms with van der Waals surface area (Å²) >= 11 is 0. The molecule has 0 fully saturated rings. The average molecular weight is 688 g/mol. The molecule has 0 unspecified atom stereocenters. The Morgan fingerprint density at radius 2 is 0.956 bits per heavy atom. The number of aryl methyl sites for hydroxylation is 1. The molecular weight excluding hydrogens is 675 g/mol. The topological polar surface area (TPSA) is 75.7 Å². The molecule has 22 heteroatoms. The number of nitro groups is 1. The van der Waals surface area contributed by atoms with E-state index in [0.717, 1.165) is 48.5 Å². The van der Waals surface area contributed by atoms with Gasteiger partial charge in [-0.25, -0.2) is 0 Å². The van der Waals surface area contributed by atoms with Crippen LogP contribution in [0.1, 0.15) is 23.1 Å². The minimum Gasteiger partial charge on any atom is -0.410 e. The summed E-state index contributed by atoms with van der Waals surface area (Å²) in [4.78, 5) is 9.95. The van der Waals surface area contributed by atoms with Crippen molar-refractivity contribution in [2.75, 3.05) is 0 Å². The van der Waals surface area contributed by atoms with Crippen LogP contribution in [-0.4, -0.2) is 63.5 Å². The first-order chi connectivity index (χ1) is 20.0. The highest BCUT2D eigenvalue weighted by Crippen LogP contribution is 2.64. The van der Waals surface area contributed by atoms with Crippen molar-refractivity contribution in [2.45, 2.75) is 60.5 Å². The van der Waals surface area contributed by atoms with Crippen molar-refractivity contribution in [3.8, 4) is 0 Å². The number of hydrogen-bond acceptors (Lipinski definition) is 4. The van der Waals surface area contributed by atoms with Gasteiger partial charge in [0.05, 0.1) is 4.92 Å². The van der Waals surface area contributed by atoms with Gasteiger partial charge in [-0.15, -0.1) is 0 Å². The van der Waals surface area contributed by atoms with E-state index in [-0.39, 0.29) is 22.5 Å². The van der Waals surface area contributed by atoms with E-state index < -0.39 is 71.0 Å². The van der Waals surface area contributed by atoms with E-state index in [1.54, 1.807) is 0 Å². The Kier molecular flexibility index (Phi) is 9.52. The van der Waals surface area contributed by atoms with Gasteiger partial charge in [0, 0.05) is 29.7 Å². The number of rotatable bonds is 12. The minimum absolute atomic E-state index is 0.0283. The van der Waals surface area contributed by atoms with Gasteiger partial charge in [-0.3, -0.25) is 10.1 Å². The molecule has 45 heavy (non-hydrogen) atoms. The fraction of sp³-hybridized carbons (Fsp3) is 0.435. The first-order valence-corrected chi connectivity index (χ1v) is 11.3. The van der Waals surface area contributed by atoms with Crippen LogP contribution < -0.4 is 0 Å². The lowest BCUT2D eigenvalue weighted by Gasteiger charge is -2.42. The summed E-state index contributed by atoms with van der Waals surface area (Å²) in [6, 6.07) is 7.57. The Hall–Kier alpha value is -3.88. The van der Waals surface area contributed by atoms with Crippen molar-refractivity contribution in [2.24, 2.45) is 5.16 Å². The summed E-state index contributed by atoms with van der Waals surface area (Å²) in [5, 5.41) is 22.9. The van der Waals surface area contributed by atoms with Crippen LogP contribution in [0.3, 0.4) is 0 Å². The Labute approximate surface area is 238 Å².